The first-order valence-corrected chi connectivity index (χ1v) is 8.77. The van der Waals surface area contributed by atoms with Crippen molar-refractivity contribution in [2.75, 3.05) is 11.9 Å². The predicted molar refractivity (Wildman–Crippen MR) is 105 cm³/mol. The minimum atomic E-state index is -0.482. The number of carbonyl (C=O) groups excluding carboxylic acids is 1. The van der Waals surface area contributed by atoms with Gasteiger partial charge in [0, 0.05) is 12.2 Å². The van der Waals surface area contributed by atoms with E-state index in [1.165, 1.54) is 0 Å². The van der Waals surface area contributed by atoms with Crippen LogP contribution in [0.1, 0.15) is 25.0 Å². The number of hydrogen-bond donors (Lipinski definition) is 1. The summed E-state index contributed by atoms with van der Waals surface area (Å²) in [5.41, 5.74) is 3.10. The molecule has 0 aliphatic heterocycles. The average Bonchev–Trinajstić information content (AvgIpc) is 2.62. The van der Waals surface area contributed by atoms with Gasteiger partial charge in [0.25, 0.3) is 0 Å². The fraction of sp³-hybridized carbons (Fsp3) is 0.300. The highest BCUT2D eigenvalue weighted by Gasteiger charge is 2.25. The molecule has 25 heavy (non-hydrogen) atoms. The van der Waals surface area contributed by atoms with Gasteiger partial charge < -0.3 is 15.0 Å². The lowest BCUT2D eigenvalue weighted by molar-refractivity contribution is -0.147. The van der Waals surface area contributed by atoms with Gasteiger partial charge >= 0.3 is 5.97 Å². The van der Waals surface area contributed by atoms with E-state index in [1.807, 2.05) is 73.3 Å². The van der Waals surface area contributed by atoms with Crippen molar-refractivity contribution < 1.29 is 9.53 Å². The van der Waals surface area contributed by atoms with Crippen molar-refractivity contribution in [3.05, 3.63) is 65.7 Å². The van der Waals surface area contributed by atoms with Crippen LogP contribution in [0.25, 0.3) is 0 Å². The number of para-hydroxylation sites is 1. The molecular weight excluding hydrogens is 332 g/mol. The Kier molecular flexibility index (Phi) is 6.95. The molecule has 2 aromatic rings. The molecular formula is C20H24N2O2S. The van der Waals surface area contributed by atoms with Crippen molar-refractivity contribution in [3.63, 3.8) is 0 Å². The molecule has 0 aliphatic carbocycles. The van der Waals surface area contributed by atoms with Crippen molar-refractivity contribution >= 4 is 29.0 Å². The number of ether oxygens (including phenoxy) is 1. The molecule has 0 bridgehead atoms. The third kappa shape index (κ3) is 5.29. The van der Waals surface area contributed by atoms with Gasteiger partial charge in [0.2, 0.25) is 0 Å². The van der Waals surface area contributed by atoms with Crippen molar-refractivity contribution in [3.8, 4) is 0 Å². The standard InChI is InChI=1S/C20H24N2O2S/c1-4-24-19(23)16(3)22(14-17-11-6-5-7-12-17)20(25)21-18-13-9-8-10-15(18)2/h5-13,16H,4,14H2,1-3H3,(H,21,25). The second-order valence-corrected chi connectivity index (χ2v) is 6.17. The maximum absolute atomic E-state index is 12.2. The van der Waals surface area contributed by atoms with Gasteiger partial charge in [-0.05, 0) is 50.2 Å². The normalized spacial score (nSPS) is 11.5. The van der Waals surface area contributed by atoms with Gasteiger partial charge in [-0.25, -0.2) is 4.79 Å². The zero-order valence-electron chi connectivity index (χ0n) is 14.9. The fourth-order valence-corrected chi connectivity index (χ4v) is 2.79. The Morgan fingerprint density at radius 3 is 2.44 bits per heavy atom. The molecule has 132 valence electrons. The zero-order chi connectivity index (χ0) is 18.2. The molecule has 1 atom stereocenters. The highest BCUT2D eigenvalue weighted by atomic mass is 32.1. The lowest BCUT2D eigenvalue weighted by Gasteiger charge is -2.30. The first-order valence-electron chi connectivity index (χ1n) is 8.36. The van der Waals surface area contributed by atoms with Crippen LogP contribution < -0.4 is 5.32 Å². The number of esters is 1. The molecule has 4 nitrogen and oxygen atoms in total. The highest BCUT2D eigenvalue weighted by molar-refractivity contribution is 7.80. The van der Waals surface area contributed by atoms with E-state index in [9.17, 15) is 4.79 Å². The summed E-state index contributed by atoms with van der Waals surface area (Å²) >= 11 is 5.60. The summed E-state index contributed by atoms with van der Waals surface area (Å²) in [5.74, 6) is -0.285. The molecule has 0 amide bonds. The summed E-state index contributed by atoms with van der Waals surface area (Å²) in [7, 11) is 0. The number of hydrogen-bond acceptors (Lipinski definition) is 3. The van der Waals surface area contributed by atoms with Gasteiger partial charge in [-0.3, -0.25) is 0 Å². The molecule has 0 spiro atoms. The Morgan fingerprint density at radius 1 is 1.16 bits per heavy atom. The predicted octanol–water partition coefficient (Wildman–Crippen LogP) is 4.15. The number of thiocarbonyl (C=S) groups is 1. The molecule has 0 fully saturated rings. The SMILES string of the molecule is CCOC(=O)C(C)N(Cc1ccccc1)C(=S)Nc1ccccc1C. The summed E-state index contributed by atoms with van der Waals surface area (Å²) in [4.78, 5) is 14.1. The largest absolute Gasteiger partial charge is 0.464 e. The molecule has 0 aromatic heterocycles. The molecule has 2 rings (SSSR count). The zero-order valence-corrected chi connectivity index (χ0v) is 15.7. The van der Waals surface area contributed by atoms with E-state index in [0.29, 0.717) is 18.3 Å². The van der Waals surface area contributed by atoms with Crippen LogP contribution in [0, 0.1) is 6.92 Å². The van der Waals surface area contributed by atoms with E-state index in [2.05, 4.69) is 5.32 Å². The Bertz CT molecular complexity index is 719. The van der Waals surface area contributed by atoms with Crippen LogP contribution >= 0.6 is 12.2 Å². The van der Waals surface area contributed by atoms with Gasteiger partial charge in [-0.15, -0.1) is 0 Å². The van der Waals surface area contributed by atoms with Crippen LogP contribution in [0.5, 0.6) is 0 Å². The Labute approximate surface area is 154 Å². The summed E-state index contributed by atoms with van der Waals surface area (Å²) in [6, 6.07) is 17.4. The average molecular weight is 356 g/mol. The summed E-state index contributed by atoms with van der Waals surface area (Å²) in [6.07, 6.45) is 0. The number of anilines is 1. The van der Waals surface area contributed by atoms with E-state index < -0.39 is 6.04 Å². The van der Waals surface area contributed by atoms with Crippen LogP contribution in [0.15, 0.2) is 54.6 Å². The molecule has 0 aliphatic rings. The molecule has 0 saturated heterocycles. The van der Waals surface area contributed by atoms with E-state index in [-0.39, 0.29) is 5.97 Å². The van der Waals surface area contributed by atoms with Crippen LogP contribution in [0.3, 0.4) is 0 Å². The second-order valence-electron chi connectivity index (χ2n) is 5.79. The molecule has 0 saturated carbocycles. The van der Waals surface area contributed by atoms with Crippen molar-refractivity contribution in [2.45, 2.75) is 33.4 Å². The first-order chi connectivity index (χ1) is 12.0. The fourth-order valence-electron chi connectivity index (χ4n) is 2.45. The van der Waals surface area contributed by atoms with Crippen LogP contribution in [0.4, 0.5) is 5.69 Å². The lowest BCUT2D eigenvalue weighted by Crippen LogP contribution is -2.45. The number of carbonyl (C=O) groups is 1. The van der Waals surface area contributed by atoms with Crippen LogP contribution in [-0.2, 0) is 16.1 Å². The van der Waals surface area contributed by atoms with Crippen molar-refractivity contribution in [1.29, 1.82) is 0 Å². The smallest absolute Gasteiger partial charge is 0.328 e. The first kappa shape index (κ1) is 18.9. The number of nitrogens with one attached hydrogen (secondary N) is 1. The second kappa shape index (κ2) is 9.18. The third-order valence-electron chi connectivity index (χ3n) is 3.94. The molecule has 1 unspecified atom stereocenters. The van der Waals surface area contributed by atoms with Crippen LogP contribution in [-0.4, -0.2) is 28.6 Å². The number of aryl methyl sites for hydroxylation is 1. The minimum Gasteiger partial charge on any atom is -0.464 e. The minimum absolute atomic E-state index is 0.285. The molecule has 0 heterocycles. The summed E-state index contributed by atoms with van der Waals surface area (Å²) < 4.78 is 5.18. The van der Waals surface area contributed by atoms with E-state index in [1.54, 1.807) is 6.92 Å². The van der Waals surface area contributed by atoms with Crippen molar-refractivity contribution in [1.82, 2.24) is 4.90 Å². The van der Waals surface area contributed by atoms with Gasteiger partial charge in [0.15, 0.2) is 5.11 Å². The monoisotopic (exact) mass is 356 g/mol. The molecule has 5 heteroatoms. The lowest BCUT2D eigenvalue weighted by atomic mass is 10.2. The summed E-state index contributed by atoms with van der Waals surface area (Å²) in [5, 5.41) is 3.76. The molecule has 2 aromatic carbocycles. The topological polar surface area (TPSA) is 41.6 Å². The van der Waals surface area contributed by atoms with Gasteiger partial charge in [-0.2, -0.15) is 0 Å². The Balaban J connectivity index is 2.22. The van der Waals surface area contributed by atoms with Crippen molar-refractivity contribution in [2.24, 2.45) is 0 Å². The maximum atomic E-state index is 12.2. The van der Waals surface area contributed by atoms with Gasteiger partial charge in [-0.1, -0.05) is 48.5 Å². The van der Waals surface area contributed by atoms with E-state index in [0.717, 1.165) is 16.8 Å². The Morgan fingerprint density at radius 2 is 1.80 bits per heavy atom. The quantitative estimate of drug-likeness (QED) is 0.622. The Hall–Kier alpha value is -2.40. The number of rotatable bonds is 6. The highest BCUT2D eigenvalue weighted by Crippen LogP contribution is 2.17. The van der Waals surface area contributed by atoms with E-state index in [4.69, 9.17) is 17.0 Å². The molecule has 1 N–H and O–H groups in total. The third-order valence-corrected chi connectivity index (χ3v) is 4.28. The van der Waals surface area contributed by atoms with Gasteiger partial charge in [0.1, 0.15) is 6.04 Å². The van der Waals surface area contributed by atoms with E-state index >= 15 is 0 Å². The summed E-state index contributed by atoms with van der Waals surface area (Å²) in [6.45, 7) is 6.50. The number of nitrogens with zero attached hydrogens (tertiary/aromatic N) is 1. The van der Waals surface area contributed by atoms with Gasteiger partial charge in [0.05, 0.1) is 6.61 Å². The number of benzene rings is 2. The maximum Gasteiger partial charge on any atom is 0.328 e. The molecule has 0 radical (unpaired) electrons. The van der Waals surface area contributed by atoms with Crippen LogP contribution in [0.2, 0.25) is 0 Å².